The van der Waals surface area contributed by atoms with Crippen molar-refractivity contribution in [2.24, 2.45) is 0 Å². The van der Waals surface area contributed by atoms with Crippen molar-refractivity contribution < 1.29 is 0 Å². The van der Waals surface area contributed by atoms with Crippen molar-refractivity contribution in [3.63, 3.8) is 0 Å². The molecule has 0 aliphatic carbocycles. The van der Waals surface area contributed by atoms with Gasteiger partial charge in [0.2, 0.25) is 0 Å². The second kappa shape index (κ2) is 6.40. The van der Waals surface area contributed by atoms with E-state index >= 15 is 0 Å². The number of nitrogens with one attached hydrogen (secondary N) is 1. The van der Waals surface area contributed by atoms with Gasteiger partial charge in [-0.3, -0.25) is 0 Å². The van der Waals surface area contributed by atoms with Gasteiger partial charge in [0.25, 0.3) is 0 Å². The van der Waals surface area contributed by atoms with Crippen LogP contribution in [-0.4, -0.2) is 51.7 Å². The maximum Gasteiger partial charge on any atom is 0.0396 e. The van der Waals surface area contributed by atoms with Crippen LogP contribution in [0.2, 0.25) is 0 Å². The maximum absolute atomic E-state index is 3.41. The Balaban J connectivity index is 2.03. The Bertz CT molecular complexity index is 420. The molecule has 0 aromatic heterocycles. The highest BCUT2D eigenvalue weighted by molar-refractivity contribution is 5.57. The Hall–Kier alpha value is -1.06. The molecule has 3 heteroatoms. The number of hydrogen-bond acceptors (Lipinski definition) is 3. The minimum absolute atomic E-state index is 1.13. The number of anilines is 1. The average Bonchev–Trinajstić information content (AvgIpc) is 2.41. The van der Waals surface area contributed by atoms with Crippen LogP contribution in [-0.2, 0) is 6.42 Å². The van der Waals surface area contributed by atoms with E-state index in [9.17, 15) is 0 Å². The fraction of sp³-hybridized carbons (Fsp3) is 0.625. The number of benzene rings is 1. The van der Waals surface area contributed by atoms with Crippen LogP contribution in [0.15, 0.2) is 12.1 Å². The van der Waals surface area contributed by atoms with E-state index in [0.717, 1.165) is 19.5 Å². The van der Waals surface area contributed by atoms with E-state index in [0.29, 0.717) is 0 Å². The minimum atomic E-state index is 1.13. The van der Waals surface area contributed by atoms with Crippen molar-refractivity contribution >= 4 is 5.69 Å². The highest BCUT2D eigenvalue weighted by Gasteiger charge is 2.11. The van der Waals surface area contributed by atoms with Crippen molar-refractivity contribution in [2.45, 2.75) is 20.3 Å². The molecular weight excluding hydrogens is 234 g/mol. The second-order valence-electron chi connectivity index (χ2n) is 5.79. The van der Waals surface area contributed by atoms with Crippen molar-refractivity contribution in [1.82, 2.24) is 10.2 Å². The molecule has 1 aliphatic rings. The predicted octanol–water partition coefficient (Wildman–Crippen LogP) is 1.82. The summed E-state index contributed by atoms with van der Waals surface area (Å²) >= 11 is 0. The Morgan fingerprint density at radius 1 is 1.16 bits per heavy atom. The Labute approximate surface area is 117 Å². The van der Waals surface area contributed by atoms with Gasteiger partial charge in [0.15, 0.2) is 0 Å². The molecular formula is C16H27N3. The highest BCUT2D eigenvalue weighted by atomic mass is 15.2. The number of rotatable bonds is 4. The molecule has 0 bridgehead atoms. The van der Waals surface area contributed by atoms with Crippen molar-refractivity contribution in [3.8, 4) is 0 Å². The summed E-state index contributed by atoms with van der Waals surface area (Å²) < 4.78 is 0. The van der Waals surface area contributed by atoms with Gasteiger partial charge in [0.1, 0.15) is 0 Å². The molecule has 1 aromatic carbocycles. The Morgan fingerprint density at radius 2 is 1.84 bits per heavy atom. The van der Waals surface area contributed by atoms with Crippen LogP contribution in [0.5, 0.6) is 0 Å². The molecule has 2 rings (SSSR count). The molecule has 0 unspecified atom stereocenters. The molecule has 0 spiro atoms. The minimum Gasteiger partial charge on any atom is -0.377 e. The van der Waals surface area contributed by atoms with Crippen molar-refractivity contribution in [3.05, 3.63) is 28.8 Å². The first-order valence-corrected chi connectivity index (χ1v) is 7.28. The first-order chi connectivity index (χ1) is 9.08. The first-order valence-electron chi connectivity index (χ1n) is 7.28. The summed E-state index contributed by atoms with van der Waals surface area (Å²) in [5.74, 6) is 0. The molecule has 1 heterocycles. The molecule has 1 aromatic rings. The van der Waals surface area contributed by atoms with Gasteiger partial charge in [-0.05, 0) is 43.0 Å². The van der Waals surface area contributed by atoms with Gasteiger partial charge < -0.3 is 15.1 Å². The van der Waals surface area contributed by atoms with E-state index in [1.165, 1.54) is 42.0 Å². The summed E-state index contributed by atoms with van der Waals surface area (Å²) in [6, 6.07) is 4.70. The van der Waals surface area contributed by atoms with Crippen molar-refractivity contribution in [1.29, 1.82) is 0 Å². The van der Waals surface area contributed by atoms with Gasteiger partial charge in [-0.2, -0.15) is 0 Å². The van der Waals surface area contributed by atoms with E-state index in [-0.39, 0.29) is 0 Å². The molecule has 1 fully saturated rings. The number of hydrogen-bond donors (Lipinski definition) is 1. The fourth-order valence-electron chi connectivity index (χ4n) is 2.74. The lowest BCUT2D eigenvalue weighted by atomic mass is 10.0. The molecule has 3 nitrogen and oxygen atoms in total. The van der Waals surface area contributed by atoms with Crippen molar-refractivity contribution in [2.75, 3.05) is 51.7 Å². The van der Waals surface area contributed by atoms with Gasteiger partial charge in [-0.1, -0.05) is 6.07 Å². The van der Waals surface area contributed by atoms with E-state index in [1.54, 1.807) is 0 Å². The normalized spacial score (nSPS) is 16.6. The Morgan fingerprint density at radius 3 is 2.47 bits per heavy atom. The highest BCUT2D eigenvalue weighted by Crippen LogP contribution is 2.23. The molecule has 0 amide bonds. The van der Waals surface area contributed by atoms with E-state index in [2.05, 4.69) is 55.2 Å². The van der Waals surface area contributed by atoms with Gasteiger partial charge in [-0.25, -0.2) is 0 Å². The zero-order valence-corrected chi connectivity index (χ0v) is 12.8. The van der Waals surface area contributed by atoms with Crippen LogP contribution in [0.3, 0.4) is 0 Å². The van der Waals surface area contributed by atoms with Crippen LogP contribution in [0.1, 0.15) is 16.7 Å². The van der Waals surface area contributed by atoms with E-state index in [4.69, 9.17) is 0 Å². The molecule has 1 aliphatic heterocycles. The largest absolute Gasteiger partial charge is 0.377 e. The molecule has 1 saturated heterocycles. The summed E-state index contributed by atoms with van der Waals surface area (Å²) in [7, 11) is 4.25. The lowest BCUT2D eigenvalue weighted by Gasteiger charge is -2.27. The van der Waals surface area contributed by atoms with Crippen LogP contribution in [0, 0.1) is 13.8 Å². The van der Waals surface area contributed by atoms with Crippen LogP contribution >= 0.6 is 0 Å². The molecule has 1 N–H and O–H groups in total. The first kappa shape index (κ1) is 14.4. The third-order valence-electron chi connectivity index (χ3n) is 4.11. The van der Waals surface area contributed by atoms with Crippen LogP contribution < -0.4 is 10.2 Å². The summed E-state index contributed by atoms with van der Waals surface area (Å²) in [4.78, 5) is 4.78. The van der Waals surface area contributed by atoms with Gasteiger partial charge in [0, 0.05) is 52.5 Å². The summed E-state index contributed by atoms with van der Waals surface area (Å²) in [6.45, 7) is 10.3. The fourth-order valence-corrected chi connectivity index (χ4v) is 2.74. The van der Waals surface area contributed by atoms with Crippen LogP contribution in [0.25, 0.3) is 0 Å². The summed E-state index contributed by atoms with van der Waals surface area (Å²) in [5.41, 5.74) is 5.62. The standard InChI is InChI=1S/C16H27N3/c1-13-11-15(12-16(14(13)2)18(3)4)5-8-19-9-6-17-7-10-19/h11-12,17H,5-10H2,1-4H3. The molecule has 0 atom stereocenters. The zero-order valence-electron chi connectivity index (χ0n) is 12.8. The van der Waals surface area contributed by atoms with Gasteiger partial charge >= 0.3 is 0 Å². The molecule has 0 radical (unpaired) electrons. The lowest BCUT2D eigenvalue weighted by Crippen LogP contribution is -2.44. The summed E-state index contributed by atoms with van der Waals surface area (Å²) in [6.07, 6.45) is 1.15. The predicted molar refractivity (Wildman–Crippen MR) is 83.3 cm³/mol. The second-order valence-corrected chi connectivity index (χ2v) is 5.79. The van der Waals surface area contributed by atoms with Gasteiger partial charge in [0.05, 0.1) is 0 Å². The smallest absolute Gasteiger partial charge is 0.0396 e. The Kier molecular flexibility index (Phi) is 4.83. The van der Waals surface area contributed by atoms with Gasteiger partial charge in [-0.15, -0.1) is 0 Å². The summed E-state index contributed by atoms with van der Waals surface area (Å²) in [5, 5.41) is 3.41. The topological polar surface area (TPSA) is 18.5 Å². The quantitative estimate of drug-likeness (QED) is 0.892. The third kappa shape index (κ3) is 3.71. The van der Waals surface area contributed by atoms with Crippen LogP contribution in [0.4, 0.5) is 5.69 Å². The molecule has 0 saturated carbocycles. The van der Waals surface area contributed by atoms with E-state index < -0.39 is 0 Å². The molecule has 19 heavy (non-hydrogen) atoms. The number of piperazine rings is 1. The maximum atomic E-state index is 3.41. The van der Waals surface area contributed by atoms with E-state index in [1.807, 2.05) is 0 Å². The zero-order chi connectivity index (χ0) is 13.8. The number of nitrogens with zero attached hydrogens (tertiary/aromatic N) is 2. The lowest BCUT2D eigenvalue weighted by molar-refractivity contribution is 0.244. The SMILES string of the molecule is Cc1cc(CCN2CCNCC2)cc(N(C)C)c1C. The average molecular weight is 261 g/mol. The number of aryl methyl sites for hydroxylation is 1. The monoisotopic (exact) mass is 261 g/mol. The third-order valence-corrected chi connectivity index (χ3v) is 4.11. The molecule has 106 valence electrons.